The number of nitro benzene ring substituents is 1. The van der Waals surface area contributed by atoms with E-state index in [4.69, 9.17) is 9.47 Å². The third-order valence-corrected chi connectivity index (χ3v) is 5.24. The van der Waals surface area contributed by atoms with Crippen LogP contribution in [0.5, 0.6) is 0 Å². The first-order valence-electron chi connectivity index (χ1n) is 10.2. The Hall–Kier alpha value is -1.99. The Balaban J connectivity index is 0.00000341. The molecule has 1 aromatic rings. The van der Waals surface area contributed by atoms with Crippen molar-refractivity contribution in [3.8, 4) is 0 Å². The van der Waals surface area contributed by atoms with Crippen molar-refractivity contribution in [1.82, 2.24) is 15.1 Å². The fourth-order valence-corrected chi connectivity index (χ4v) is 3.54. The summed E-state index contributed by atoms with van der Waals surface area (Å²) in [6.45, 7) is 4.85. The van der Waals surface area contributed by atoms with E-state index in [0.717, 1.165) is 24.4 Å². The molecule has 1 aromatic carbocycles. The Labute approximate surface area is 199 Å². The standard InChI is InChI=1S/C20H29N5O5.HI/c1-29-14-8-21-20(22-15-16-4-6-17(7-5-16)25(27)28)24-11-9-23(10-12-24)19(26)18-3-2-13-30-18;/h4-7,18H,2-3,8-15H2,1H3,(H,21,22);1H. The van der Waals surface area contributed by atoms with Crippen molar-refractivity contribution < 1.29 is 19.2 Å². The molecular weight excluding hydrogens is 517 g/mol. The first-order chi connectivity index (χ1) is 14.6. The minimum Gasteiger partial charge on any atom is -0.383 e. The maximum absolute atomic E-state index is 12.5. The van der Waals surface area contributed by atoms with Crippen LogP contribution in [-0.4, -0.2) is 85.7 Å². The van der Waals surface area contributed by atoms with E-state index in [0.29, 0.717) is 52.5 Å². The van der Waals surface area contributed by atoms with Crippen molar-refractivity contribution in [3.63, 3.8) is 0 Å². The Morgan fingerprint density at radius 3 is 2.52 bits per heavy atom. The third-order valence-electron chi connectivity index (χ3n) is 5.24. The Morgan fingerprint density at radius 1 is 1.26 bits per heavy atom. The fraction of sp³-hybridized carbons (Fsp3) is 0.600. The molecule has 0 aliphatic carbocycles. The molecule has 2 heterocycles. The van der Waals surface area contributed by atoms with Gasteiger partial charge in [0.2, 0.25) is 0 Å². The number of ether oxygens (including phenoxy) is 2. The van der Waals surface area contributed by atoms with Crippen LogP contribution in [-0.2, 0) is 20.8 Å². The number of benzene rings is 1. The maximum Gasteiger partial charge on any atom is 0.269 e. The van der Waals surface area contributed by atoms with Crippen LogP contribution in [0.15, 0.2) is 29.3 Å². The summed E-state index contributed by atoms with van der Waals surface area (Å²) in [7, 11) is 1.64. The number of rotatable bonds is 7. The largest absolute Gasteiger partial charge is 0.383 e. The topological polar surface area (TPSA) is 110 Å². The molecule has 1 atom stereocenters. The summed E-state index contributed by atoms with van der Waals surface area (Å²) in [6.07, 6.45) is 1.46. The quantitative estimate of drug-likeness (QED) is 0.138. The normalized spacial score (nSPS) is 19.1. The zero-order valence-corrected chi connectivity index (χ0v) is 20.0. The lowest BCUT2D eigenvalue weighted by molar-refractivity contribution is -0.384. The summed E-state index contributed by atoms with van der Waals surface area (Å²) in [5.74, 6) is 0.832. The van der Waals surface area contributed by atoms with Crippen molar-refractivity contribution in [3.05, 3.63) is 39.9 Å². The fourth-order valence-electron chi connectivity index (χ4n) is 3.54. The van der Waals surface area contributed by atoms with Crippen LogP contribution in [0.1, 0.15) is 18.4 Å². The Bertz CT molecular complexity index is 747. The summed E-state index contributed by atoms with van der Waals surface area (Å²) in [5, 5.41) is 14.1. The number of nitro groups is 1. The minimum absolute atomic E-state index is 0. The second-order valence-electron chi connectivity index (χ2n) is 7.30. The van der Waals surface area contributed by atoms with Gasteiger partial charge in [-0.15, -0.1) is 24.0 Å². The first-order valence-corrected chi connectivity index (χ1v) is 10.2. The monoisotopic (exact) mass is 547 g/mol. The molecule has 31 heavy (non-hydrogen) atoms. The number of aliphatic imine (C=N–C) groups is 1. The highest BCUT2D eigenvalue weighted by Crippen LogP contribution is 2.16. The molecular formula is C20H30IN5O5. The predicted octanol–water partition coefficient (Wildman–Crippen LogP) is 1.63. The van der Waals surface area contributed by atoms with Gasteiger partial charge in [-0.3, -0.25) is 14.9 Å². The number of halogens is 1. The molecule has 2 fully saturated rings. The lowest BCUT2D eigenvalue weighted by atomic mass is 10.2. The van der Waals surface area contributed by atoms with E-state index in [1.807, 2.05) is 4.90 Å². The highest BCUT2D eigenvalue weighted by molar-refractivity contribution is 14.0. The molecule has 1 amide bonds. The average Bonchev–Trinajstić information content (AvgIpc) is 3.31. The molecule has 0 spiro atoms. The van der Waals surface area contributed by atoms with Gasteiger partial charge < -0.3 is 24.6 Å². The molecule has 172 valence electrons. The van der Waals surface area contributed by atoms with Crippen molar-refractivity contribution in [2.75, 3.05) is 53.0 Å². The molecule has 2 aliphatic heterocycles. The molecule has 1 unspecified atom stereocenters. The Kier molecular flexibility index (Phi) is 10.4. The number of amides is 1. The number of non-ortho nitro benzene ring substituents is 1. The van der Waals surface area contributed by atoms with Crippen LogP contribution < -0.4 is 5.32 Å². The molecule has 0 bridgehead atoms. The number of nitrogens with one attached hydrogen (secondary N) is 1. The van der Waals surface area contributed by atoms with Gasteiger partial charge >= 0.3 is 0 Å². The predicted molar refractivity (Wildman–Crippen MR) is 127 cm³/mol. The van der Waals surface area contributed by atoms with Gasteiger partial charge in [0.15, 0.2) is 5.96 Å². The highest BCUT2D eigenvalue weighted by atomic mass is 127. The van der Waals surface area contributed by atoms with Crippen LogP contribution in [0.4, 0.5) is 5.69 Å². The number of hydrogen-bond donors (Lipinski definition) is 1. The molecule has 10 nitrogen and oxygen atoms in total. The number of carbonyl (C=O) groups is 1. The summed E-state index contributed by atoms with van der Waals surface area (Å²) in [5.41, 5.74) is 0.951. The van der Waals surface area contributed by atoms with Gasteiger partial charge in [0.1, 0.15) is 6.10 Å². The second-order valence-corrected chi connectivity index (χ2v) is 7.30. The van der Waals surface area contributed by atoms with E-state index in [-0.39, 0.29) is 41.7 Å². The smallest absolute Gasteiger partial charge is 0.269 e. The van der Waals surface area contributed by atoms with E-state index in [1.165, 1.54) is 12.1 Å². The van der Waals surface area contributed by atoms with Gasteiger partial charge in [0.05, 0.1) is 18.1 Å². The first kappa shape index (κ1) is 25.3. The summed E-state index contributed by atoms with van der Waals surface area (Å²) >= 11 is 0. The van der Waals surface area contributed by atoms with Gasteiger partial charge in [0, 0.05) is 58.6 Å². The molecule has 11 heteroatoms. The SMILES string of the molecule is COCCNC(=NCc1ccc([N+](=O)[O-])cc1)N1CCN(C(=O)C2CCCO2)CC1.I. The van der Waals surface area contributed by atoms with E-state index >= 15 is 0 Å². The molecule has 2 saturated heterocycles. The van der Waals surface area contributed by atoms with Crippen LogP contribution >= 0.6 is 24.0 Å². The maximum atomic E-state index is 12.5. The molecule has 2 aliphatic rings. The third kappa shape index (κ3) is 7.28. The highest BCUT2D eigenvalue weighted by Gasteiger charge is 2.30. The minimum atomic E-state index is -0.415. The van der Waals surface area contributed by atoms with E-state index in [9.17, 15) is 14.9 Å². The zero-order valence-electron chi connectivity index (χ0n) is 17.7. The number of methoxy groups -OCH3 is 1. The van der Waals surface area contributed by atoms with Crippen LogP contribution in [0, 0.1) is 10.1 Å². The lowest BCUT2D eigenvalue weighted by Gasteiger charge is -2.37. The molecule has 1 N–H and O–H groups in total. The molecule has 0 aromatic heterocycles. The molecule has 3 rings (SSSR count). The van der Waals surface area contributed by atoms with Gasteiger partial charge in [-0.1, -0.05) is 12.1 Å². The number of carbonyl (C=O) groups excluding carboxylic acids is 1. The van der Waals surface area contributed by atoms with Gasteiger partial charge in [-0.2, -0.15) is 0 Å². The zero-order chi connectivity index (χ0) is 21.3. The molecule has 0 radical (unpaired) electrons. The van der Waals surface area contributed by atoms with Crippen LogP contribution in [0.2, 0.25) is 0 Å². The Morgan fingerprint density at radius 2 is 1.94 bits per heavy atom. The van der Waals surface area contributed by atoms with Gasteiger partial charge in [-0.25, -0.2) is 4.99 Å². The van der Waals surface area contributed by atoms with Crippen molar-refractivity contribution >= 4 is 41.5 Å². The number of hydrogen-bond acceptors (Lipinski definition) is 6. The summed E-state index contributed by atoms with van der Waals surface area (Å²) < 4.78 is 10.6. The number of nitrogens with zero attached hydrogens (tertiary/aromatic N) is 4. The number of guanidine groups is 1. The van der Waals surface area contributed by atoms with E-state index < -0.39 is 4.92 Å². The van der Waals surface area contributed by atoms with E-state index in [1.54, 1.807) is 19.2 Å². The van der Waals surface area contributed by atoms with Crippen molar-refractivity contribution in [1.29, 1.82) is 0 Å². The van der Waals surface area contributed by atoms with E-state index in [2.05, 4.69) is 15.2 Å². The van der Waals surface area contributed by atoms with Crippen LogP contribution in [0.3, 0.4) is 0 Å². The summed E-state index contributed by atoms with van der Waals surface area (Å²) in [4.78, 5) is 31.6. The summed E-state index contributed by atoms with van der Waals surface area (Å²) in [6, 6.07) is 6.40. The second kappa shape index (κ2) is 12.8. The van der Waals surface area contributed by atoms with Crippen molar-refractivity contribution in [2.24, 2.45) is 4.99 Å². The number of piperazine rings is 1. The average molecular weight is 547 g/mol. The van der Waals surface area contributed by atoms with Crippen molar-refractivity contribution in [2.45, 2.75) is 25.5 Å². The molecule has 0 saturated carbocycles. The lowest BCUT2D eigenvalue weighted by Crippen LogP contribution is -2.55. The van der Waals surface area contributed by atoms with Gasteiger partial charge in [0.25, 0.3) is 11.6 Å². The van der Waals surface area contributed by atoms with Crippen LogP contribution in [0.25, 0.3) is 0 Å². The van der Waals surface area contributed by atoms with Gasteiger partial charge in [-0.05, 0) is 18.4 Å².